The maximum absolute atomic E-state index is 11.9. The quantitative estimate of drug-likeness (QED) is 0.856. The van der Waals surface area contributed by atoms with Crippen LogP contribution in [0.4, 0.5) is 5.69 Å². The number of nitrogens with one attached hydrogen (secondary N) is 2. The average molecular weight is 260 g/mol. The van der Waals surface area contributed by atoms with Crippen molar-refractivity contribution in [2.45, 2.75) is 20.4 Å². The predicted octanol–water partition coefficient (Wildman–Crippen LogP) is 1.74. The van der Waals surface area contributed by atoms with Crippen LogP contribution in [0.1, 0.15) is 28.9 Å². The first-order chi connectivity index (χ1) is 9.19. The van der Waals surface area contributed by atoms with Crippen molar-refractivity contribution in [3.05, 3.63) is 41.5 Å². The third-order valence-electron chi connectivity index (χ3n) is 2.48. The van der Waals surface area contributed by atoms with Gasteiger partial charge in [0.15, 0.2) is 0 Å². The zero-order valence-electron chi connectivity index (χ0n) is 10.9. The number of rotatable bonds is 5. The van der Waals surface area contributed by atoms with Gasteiger partial charge in [0.25, 0.3) is 5.91 Å². The van der Waals surface area contributed by atoms with E-state index in [9.17, 15) is 4.79 Å². The summed E-state index contributed by atoms with van der Waals surface area (Å²) in [5, 5.41) is 9.68. The first-order valence-electron chi connectivity index (χ1n) is 6.09. The average Bonchev–Trinajstić information content (AvgIpc) is 2.82. The van der Waals surface area contributed by atoms with Crippen LogP contribution in [0.15, 0.2) is 28.9 Å². The first-order valence-corrected chi connectivity index (χ1v) is 6.09. The molecule has 0 fully saturated rings. The minimum atomic E-state index is -0.236. The first kappa shape index (κ1) is 13.1. The van der Waals surface area contributed by atoms with Crippen LogP contribution in [0.2, 0.25) is 0 Å². The Bertz CT molecular complexity index is 565. The molecule has 19 heavy (non-hydrogen) atoms. The zero-order valence-corrected chi connectivity index (χ0v) is 10.9. The Morgan fingerprint density at radius 2 is 2.26 bits per heavy atom. The van der Waals surface area contributed by atoms with E-state index in [0.29, 0.717) is 17.9 Å². The molecular weight excluding hydrogens is 244 g/mol. The second-order valence-electron chi connectivity index (χ2n) is 4.07. The number of aromatic nitrogens is 2. The Morgan fingerprint density at radius 3 is 2.95 bits per heavy atom. The van der Waals surface area contributed by atoms with E-state index in [2.05, 4.69) is 20.8 Å². The second-order valence-corrected chi connectivity index (χ2v) is 4.07. The molecular formula is C13H16N4O2. The lowest BCUT2D eigenvalue weighted by atomic mass is 10.3. The summed E-state index contributed by atoms with van der Waals surface area (Å²) in [4.78, 5) is 16.0. The van der Waals surface area contributed by atoms with Crippen molar-refractivity contribution in [2.75, 3.05) is 11.9 Å². The lowest BCUT2D eigenvalue weighted by Crippen LogP contribution is -2.24. The molecule has 2 heterocycles. The molecule has 0 saturated heterocycles. The SMILES string of the molecule is CCNc1ccnc(C(=O)NCc2cc(C)on2)c1. The maximum atomic E-state index is 11.9. The Hall–Kier alpha value is -2.37. The lowest BCUT2D eigenvalue weighted by Gasteiger charge is -2.05. The standard InChI is InChI=1S/C13H16N4O2/c1-3-14-10-4-5-15-12(7-10)13(18)16-8-11-6-9(2)19-17-11/h4-7H,3,8H2,1-2H3,(H,14,15)(H,16,18). The predicted molar refractivity (Wildman–Crippen MR) is 70.8 cm³/mol. The maximum Gasteiger partial charge on any atom is 0.270 e. The van der Waals surface area contributed by atoms with Crippen LogP contribution in [-0.4, -0.2) is 22.6 Å². The van der Waals surface area contributed by atoms with E-state index in [0.717, 1.165) is 18.0 Å². The summed E-state index contributed by atoms with van der Waals surface area (Å²) in [5.41, 5.74) is 1.94. The molecule has 0 aromatic carbocycles. The molecule has 0 aliphatic rings. The van der Waals surface area contributed by atoms with Crippen molar-refractivity contribution >= 4 is 11.6 Å². The number of carbonyl (C=O) groups is 1. The molecule has 0 aliphatic carbocycles. The van der Waals surface area contributed by atoms with Gasteiger partial charge in [-0.2, -0.15) is 0 Å². The van der Waals surface area contributed by atoms with Crippen LogP contribution in [0.25, 0.3) is 0 Å². The van der Waals surface area contributed by atoms with E-state index in [1.807, 2.05) is 13.0 Å². The number of hydrogen-bond acceptors (Lipinski definition) is 5. The molecule has 0 bridgehead atoms. The van der Waals surface area contributed by atoms with Gasteiger partial charge in [0, 0.05) is 24.5 Å². The van der Waals surface area contributed by atoms with Gasteiger partial charge in [0.05, 0.1) is 6.54 Å². The summed E-state index contributed by atoms with van der Waals surface area (Å²) in [7, 11) is 0. The van der Waals surface area contributed by atoms with Gasteiger partial charge in [-0.1, -0.05) is 5.16 Å². The summed E-state index contributed by atoms with van der Waals surface area (Å²) in [6, 6.07) is 5.32. The van der Waals surface area contributed by atoms with Crippen molar-refractivity contribution in [1.29, 1.82) is 0 Å². The van der Waals surface area contributed by atoms with Crippen LogP contribution in [0.5, 0.6) is 0 Å². The largest absolute Gasteiger partial charge is 0.385 e. The van der Waals surface area contributed by atoms with Gasteiger partial charge in [0.2, 0.25) is 0 Å². The van der Waals surface area contributed by atoms with E-state index in [-0.39, 0.29) is 5.91 Å². The number of hydrogen-bond donors (Lipinski definition) is 2. The van der Waals surface area contributed by atoms with Gasteiger partial charge >= 0.3 is 0 Å². The fourth-order valence-electron chi connectivity index (χ4n) is 1.63. The molecule has 6 nitrogen and oxygen atoms in total. The third-order valence-corrected chi connectivity index (χ3v) is 2.48. The molecule has 0 radical (unpaired) electrons. The van der Waals surface area contributed by atoms with Gasteiger partial charge in [-0.25, -0.2) is 0 Å². The molecule has 0 saturated carbocycles. The summed E-state index contributed by atoms with van der Waals surface area (Å²) in [6.45, 7) is 4.92. The van der Waals surface area contributed by atoms with Crippen LogP contribution >= 0.6 is 0 Å². The highest BCUT2D eigenvalue weighted by Gasteiger charge is 2.09. The van der Waals surface area contributed by atoms with E-state index in [1.165, 1.54) is 0 Å². The van der Waals surface area contributed by atoms with Crippen molar-refractivity contribution in [3.63, 3.8) is 0 Å². The molecule has 6 heteroatoms. The Morgan fingerprint density at radius 1 is 1.42 bits per heavy atom. The van der Waals surface area contributed by atoms with Crippen molar-refractivity contribution in [2.24, 2.45) is 0 Å². The molecule has 2 rings (SSSR count). The number of amides is 1. The molecule has 0 aliphatic heterocycles. The fraction of sp³-hybridized carbons (Fsp3) is 0.308. The minimum absolute atomic E-state index is 0.236. The summed E-state index contributed by atoms with van der Waals surface area (Å²) in [6.07, 6.45) is 1.60. The summed E-state index contributed by atoms with van der Waals surface area (Å²) < 4.78 is 4.93. The zero-order chi connectivity index (χ0) is 13.7. The molecule has 100 valence electrons. The third kappa shape index (κ3) is 3.54. The number of nitrogens with zero attached hydrogens (tertiary/aromatic N) is 2. The number of aryl methyl sites for hydroxylation is 1. The van der Waals surface area contributed by atoms with E-state index < -0.39 is 0 Å². The highest BCUT2D eigenvalue weighted by atomic mass is 16.5. The van der Waals surface area contributed by atoms with Gasteiger partial charge in [-0.05, 0) is 26.0 Å². The second kappa shape index (κ2) is 5.99. The molecule has 2 aromatic rings. The monoisotopic (exact) mass is 260 g/mol. The summed E-state index contributed by atoms with van der Waals surface area (Å²) in [5.74, 6) is 0.483. The van der Waals surface area contributed by atoms with Crippen LogP contribution in [-0.2, 0) is 6.54 Å². The van der Waals surface area contributed by atoms with Crippen LogP contribution in [0.3, 0.4) is 0 Å². The van der Waals surface area contributed by atoms with Crippen LogP contribution < -0.4 is 10.6 Å². The molecule has 0 spiro atoms. The number of pyridine rings is 1. The van der Waals surface area contributed by atoms with Gasteiger partial charge in [-0.15, -0.1) is 0 Å². The van der Waals surface area contributed by atoms with Crippen molar-refractivity contribution in [3.8, 4) is 0 Å². The Kier molecular flexibility index (Phi) is 4.12. The van der Waals surface area contributed by atoms with E-state index >= 15 is 0 Å². The molecule has 2 N–H and O–H groups in total. The number of anilines is 1. The van der Waals surface area contributed by atoms with Gasteiger partial charge in [0.1, 0.15) is 17.1 Å². The van der Waals surface area contributed by atoms with Crippen molar-refractivity contribution < 1.29 is 9.32 Å². The van der Waals surface area contributed by atoms with Crippen LogP contribution in [0, 0.1) is 6.92 Å². The topological polar surface area (TPSA) is 80.0 Å². The van der Waals surface area contributed by atoms with E-state index in [1.54, 1.807) is 25.3 Å². The minimum Gasteiger partial charge on any atom is -0.385 e. The van der Waals surface area contributed by atoms with E-state index in [4.69, 9.17) is 4.52 Å². The molecule has 0 atom stereocenters. The normalized spacial score (nSPS) is 10.2. The molecule has 1 amide bonds. The van der Waals surface area contributed by atoms with Crippen molar-refractivity contribution in [1.82, 2.24) is 15.5 Å². The Balaban J connectivity index is 1.97. The lowest BCUT2D eigenvalue weighted by molar-refractivity contribution is 0.0945. The fourth-order valence-corrected chi connectivity index (χ4v) is 1.63. The highest BCUT2D eigenvalue weighted by Crippen LogP contribution is 2.08. The highest BCUT2D eigenvalue weighted by molar-refractivity contribution is 5.93. The molecule has 2 aromatic heterocycles. The summed E-state index contributed by atoms with van der Waals surface area (Å²) >= 11 is 0. The Labute approximate surface area is 111 Å². The van der Waals surface area contributed by atoms with Gasteiger partial charge in [-0.3, -0.25) is 9.78 Å². The van der Waals surface area contributed by atoms with Gasteiger partial charge < -0.3 is 15.2 Å². The molecule has 0 unspecified atom stereocenters. The smallest absolute Gasteiger partial charge is 0.270 e. The number of carbonyl (C=O) groups excluding carboxylic acids is 1.